The molecule has 1 aromatic rings. The van der Waals surface area contributed by atoms with Crippen molar-refractivity contribution in [2.45, 2.75) is 52.1 Å². The van der Waals surface area contributed by atoms with Crippen molar-refractivity contribution in [2.24, 2.45) is 0 Å². The van der Waals surface area contributed by atoms with Crippen LogP contribution >= 0.6 is 0 Å². The van der Waals surface area contributed by atoms with Gasteiger partial charge in [-0.1, -0.05) is 6.07 Å². The monoisotopic (exact) mass is 278 g/mol. The van der Waals surface area contributed by atoms with Crippen LogP contribution in [-0.4, -0.2) is 18.2 Å². The molecule has 0 aliphatic carbocycles. The summed E-state index contributed by atoms with van der Waals surface area (Å²) in [6.07, 6.45) is 1.35. The summed E-state index contributed by atoms with van der Waals surface area (Å²) < 4.78 is 18.9. The van der Waals surface area contributed by atoms with Crippen LogP contribution in [-0.2, 0) is 0 Å². The summed E-state index contributed by atoms with van der Waals surface area (Å²) in [5.41, 5.74) is 0.396. The molecule has 0 spiro atoms. The minimum absolute atomic E-state index is 0.245. The van der Waals surface area contributed by atoms with E-state index in [1.807, 2.05) is 27.7 Å². The predicted octanol–water partition coefficient (Wildman–Crippen LogP) is 3.57. The number of aryl methyl sites for hydroxylation is 1. The molecule has 0 aliphatic rings. The fraction of sp³-hybridized carbons (Fsp3) is 0.562. The first-order chi connectivity index (χ1) is 9.36. The third-order valence-electron chi connectivity index (χ3n) is 3.02. The maximum absolute atomic E-state index is 13.5. The average molecular weight is 278 g/mol. The Kier molecular flexibility index (Phi) is 5.97. The second-order valence-corrected chi connectivity index (χ2v) is 5.63. The summed E-state index contributed by atoms with van der Waals surface area (Å²) >= 11 is 0. The molecule has 1 atom stereocenters. The average Bonchev–Trinajstić information content (AvgIpc) is 2.38. The molecule has 3 nitrogen and oxygen atoms in total. The maximum Gasteiger partial charge on any atom is 0.165 e. The second-order valence-electron chi connectivity index (χ2n) is 5.63. The molecule has 0 amide bonds. The number of rotatable bonds is 7. The lowest BCUT2D eigenvalue weighted by Gasteiger charge is -2.25. The van der Waals surface area contributed by atoms with Crippen molar-refractivity contribution in [1.29, 1.82) is 5.26 Å². The van der Waals surface area contributed by atoms with Crippen LogP contribution in [0.3, 0.4) is 0 Å². The molecule has 1 unspecified atom stereocenters. The van der Waals surface area contributed by atoms with E-state index >= 15 is 0 Å². The van der Waals surface area contributed by atoms with E-state index in [2.05, 4.69) is 11.4 Å². The highest BCUT2D eigenvalue weighted by Gasteiger charge is 2.23. The largest absolute Gasteiger partial charge is 0.491 e. The molecule has 1 rings (SSSR count). The fourth-order valence-corrected chi connectivity index (χ4v) is 2.13. The highest BCUT2D eigenvalue weighted by molar-refractivity contribution is 5.29. The molecule has 0 fully saturated rings. The van der Waals surface area contributed by atoms with Gasteiger partial charge in [0.15, 0.2) is 11.6 Å². The van der Waals surface area contributed by atoms with Gasteiger partial charge in [-0.05, 0) is 58.2 Å². The Bertz CT molecular complexity index is 482. The van der Waals surface area contributed by atoms with Crippen LogP contribution in [0.4, 0.5) is 4.39 Å². The van der Waals surface area contributed by atoms with Crippen molar-refractivity contribution in [3.63, 3.8) is 0 Å². The Morgan fingerprint density at radius 3 is 2.75 bits per heavy atom. The van der Waals surface area contributed by atoms with E-state index in [9.17, 15) is 9.65 Å². The molecule has 0 aliphatic heterocycles. The van der Waals surface area contributed by atoms with Crippen molar-refractivity contribution in [2.75, 3.05) is 6.61 Å². The van der Waals surface area contributed by atoms with E-state index in [4.69, 9.17) is 4.74 Å². The zero-order chi connectivity index (χ0) is 15.2. The van der Waals surface area contributed by atoms with Crippen molar-refractivity contribution < 1.29 is 9.13 Å². The lowest BCUT2D eigenvalue weighted by Crippen LogP contribution is -2.45. The number of halogens is 1. The smallest absolute Gasteiger partial charge is 0.165 e. The Hall–Kier alpha value is -1.60. The van der Waals surface area contributed by atoms with Crippen LogP contribution < -0.4 is 10.1 Å². The lowest BCUT2D eigenvalue weighted by atomic mass is 9.97. The van der Waals surface area contributed by atoms with Crippen LogP contribution in [0, 0.1) is 24.1 Å². The van der Waals surface area contributed by atoms with Crippen LogP contribution in [0.2, 0.25) is 0 Å². The van der Waals surface area contributed by atoms with Gasteiger partial charge in [0.25, 0.3) is 0 Å². The molecule has 4 heteroatoms. The molecule has 0 heterocycles. The van der Waals surface area contributed by atoms with Gasteiger partial charge in [-0.2, -0.15) is 5.26 Å². The summed E-state index contributed by atoms with van der Waals surface area (Å²) in [6, 6.07) is 7.34. The molecule has 0 saturated heterocycles. The van der Waals surface area contributed by atoms with Gasteiger partial charge in [-0.3, -0.25) is 5.32 Å². The highest BCUT2D eigenvalue weighted by atomic mass is 19.1. The summed E-state index contributed by atoms with van der Waals surface area (Å²) in [5.74, 6) is -0.0700. The van der Waals surface area contributed by atoms with Crippen molar-refractivity contribution in [3.05, 3.63) is 29.6 Å². The molecule has 0 bridgehead atoms. The van der Waals surface area contributed by atoms with Gasteiger partial charge in [-0.15, -0.1) is 0 Å². The Labute approximate surface area is 120 Å². The van der Waals surface area contributed by atoms with Gasteiger partial charge in [0.1, 0.15) is 5.54 Å². The normalized spacial score (nSPS) is 13.8. The van der Waals surface area contributed by atoms with Crippen molar-refractivity contribution in [1.82, 2.24) is 5.32 Å². The molecule has 1 N–H and O–H groups in total. The van der Waals surface area contributed by atoms with Crippen LogP contribution in [0.1, 0.15) is 39.2 Å². The molecule has 0 saturated carbocycles. The van der Waals surface area contributed by atoms with Gasteiger partial charge in [-0.25, -0.2) is 4.39 Å². The SMILES string of the molecule is Cc1ccc(F)c(OCCCC(C)(C#N)NC(C)C)c1. The van der Waals surface area contributed by atoms with E-state index in [1.165, 1.54) is 6.07 Å². The molecule has 20 heavy (non-hydrogen) atoms. The first-order valence-electron chi connectivity index (χ1n) is 6.94. The number of nitriles is 1. The topological polar surface area (TPSA) is 45.0 Å². The highest BCUT2D eigenvalue weighted by Crippen LogP contribution is 2.19. The minimum Gasteiger partial charge on any atom is -0.491 e. The third kappa shape index (κ3) is 5.18. The zero-order valence-electron chi connectivity index (χ0n) is 12.7. The maximum atomic E-state index is 13.5. The van der Waals surface area contributed by atoms with E-state index in [0.29, 0.717) is 19.4 Å². The van der Waals surface area contributed by atoms with E-state index in [-0.39, 0.29) is 17.6 Å². The number of ether oxygens (including phenoxy) is 1. The van der Waals surface area contributed by atoms with E-state index in [0.717, 1.165) is 5.56 Å². The van der Waals surface area contributed by atoms with Crippen LogP contribution in [0.15, 0.2) is 18.2 Å². The van der Waals surface area contributed by atoms with Gasteiger partial charge < -0.3 is 4.74 Å². The minimum atomic E-state index is -0.567. The number of hydrogen-bond donors (Lipinski definition) is 1. The zero-order valence-corrected chi connectivity index (χ0v) is 12.7. The van der Waals surface area contributed by atoms with Crippen LogP contribution in [0.25, 0.3) is 0 Å². The molecule has 0 radical (unpaired) electrons. The summed E-state index contributed by atoms with van der Waals surface area (Å²) in [7, 11) is 0. The first kappa shape index (κ1) is 16.5. The number of nitrogens with one attached hydrogen (secondary N) is 1. The lowest BCUT2D eigenvalue weighted by molar-refractivity contribution is 0.270. The van der Waals surface area contributed by atoms with Crippen molar-refractivity contribution >= 4 is 0 Å². The Balaban J connectivity index is 2.45. The Morgan fingerprint density at radius 1 is 1.45 bits per heavy atom. The van der Waals surface area contributed by atoms with Gasteiger partial charge in [0.05, 0.1) is 12.7 Å². The number of nitrogens with zero attached hydrogens (tertiary/aromatic N) is 1. The Morgan fingerprint density at radius 2 is 2.15 bits per heavy atom. The van der Waals surface area contributed by atoms with E-state index < -0.39 is 5.54 Å². The summed E-state index contributed by atoms with van der Waals surface area (Å²) in [4.78, 5) is 0. The third-order valence-corrected chi connectivity index (χ3v) is 3.02. The quantitative estimate of drug-likeness (QED) is 0.775. The van der Waals surface area contributed by atoms with Gasteiger partial charge in [0.2, 0.25) is 0 Å². The number of hydrogen-bond acceptors (Lipinski definition) is 3. The van der Waals surface area contributed by atoms with E-state index in [1.54, 1.807) is 12.1 Å². The van der Waals surface area contributed by atoms with Crippen LogP contribution in [0.5, 0.6) is 5.75 Å². The first-order valence-corrected chi connectivity index (χ1v) is 6.94. The van der Waals surface area contributed by atoms with Gasteiger partial charge in [0, 0.05) is 6.04 Å². The summed E-state index contributed by atoms with van der Waals surface area (Å²) in [6.45, 7) is 8.19. The molecule has 0 aromatic heterocycles. The molecular weight excluding hydrogens is 255 g/mol. The molecular formula is C16H23FN2O. The molecule has 1 aromatic carbocycles. The summed E-state index contributed by atoms with van der Waals surface area (Å²) in [5, 5.41) is 12.5. The molecule has 110 valence electrons. The number of benzene rings is 1. The standard InChI is InChI=1S/C16H23FN2O/c1-12(2)19-16(4,11-18)8-5-9-20-15-10-13(3)6-7-14(15)17/h6-7,10,12,19H,5,8-9H2,1-4H3. The second kappa shape index (κ2) is 7.25. The van der Waals surface area contributed by atoms with Crippen molar-refractivity contribution in [3.8, 4) is 11.8 Å². The fourth-order valence-electron chi connectivity index (χ4n) is 2.13. The van der Waals surface area contributed by atoms with Gasteiger partial charge >= 0.3 is 0 Å². The predicted molar refractivity (Wildman–Crippen MR) is 78.2 cm³/mol.